The molecule has 5 heteroatoms. The number of nitrogens with zero attached hydrogens (tertiary/aromatic N) is 2. The SMILES string of the molecule is O=C(C[C@H](c1cccc2ccccc12)n1cccc1)NCCN1CCOCC1. The van der Waals surface area contributed by atoms with Crippen LogP contribution in [-0.2, 0) is 9.53 Å². The van der Waals surface area contributed by atoms with Crippen LogP contribution < -0.4 is 5.32 Å². The van der Waals surface area contributed by atoms with E-state index in [-0.39, 0.29) is 11.9 Å². The molecular formula is C23H27N3O2. The number of amides is 1. The van der Waals surface area contributed by atoms with Gasteiger partial charge in [-0.3, -0.25) is 9.69 Å². The van der Waals surface area contributed by atoms with Crippen LogP contribution in [-0.4, -0.2) is 54.8 Å². The van der Waals surface area contributed by atoms with E-state index in [1.807, 2.05) is 24.5 Å². The standard InChI is InChI=1S/C23H27N3O2/c27-23(24-10-13-25-14-16-28-17-15-25)18-22(26-11-3-4-12-26)21-9-5-7-19-6-1-2-8-20(19)21/h1-9,11-12,22H,10,13-18H2,(H,24,27)/t22-/m1/s1. The van der Waals surface area contributed by atoms with Gasteiger partial charge in [0.25, 0.3) is 0 Å². The van der Waals surface area contributed by atoms with Gasteiger partial charge in [0.05, 0.1) is 25.7 Å². The van der Waals surface area contributed by atoms with Gasteiger partial charge in [-0.1, -0.05) is 42.5 Å². The number of hydrogen-bond donors (Lipinski definition) is 1. The summed E-state index contributed by atoms with van der Waals surface area (Å²) in [5, 5.41) is 5.50. The molecule has 0 radical (unpaired) electrons. The summed E-state index contributed by atoms with van der Waals surface area (Å²) >= 11 is 0. The first-order valence-corrected chi connectivity index (χ1v) is 9.98. The summed E-state index contributed by atoms with van der Waals surface area (Å²) in [6.07, 6.45) is 4.49. The maximum Gasteiger partial charge on any atom is 0.222 e. The van der Waals surface area contributed by atoms with Gasteiger partial charge in [-0.25, -0.2) is 0 Å². The number of rotatable bonds is 7. The molecule has 3 aromatic rings. The number of benzene rings is 2. The molecule has 1 saturated heterocycles. The van der Waals surface area contributed by atoms with E-state index in [4.69, 9.17) is 4.74 Å². The van der Waals surface area contributed by atoms with Gasteiger partial charge < -0.3 is 14.6 Å². The first-order valence-electron chi connectivity index (χ1n) is 9.98. The largest absolute Gasteiger partial charge is 0.379 e. The van der Waals surface area contributed by atoms with Gasteiger partial charge in [0, 0.05) is 38.6 Å². The molecule has 1 amide bonds. The van der Waals surface area contributed by atoms with Crippen LogP contribution in [0.3, 0.4) is 0 Å². The number of aromatic nitrogens is 1. The molecule has 146 valence electrons. The average molecular weight is 377 g/mol. The van der Waals surface area contributed by atoms with E-state index >= 15 is 0 Å². The van der Waals surface area contributed by atoms with Crippen LogP contribution in [0.4, 0.5) is 0 Å². The molecule has 0 aliphatic carbocycles. The van der Waals surface area contributed by atoms with Crippen molar-refractivity contribution >= 4 is 16.7 Å². The number of ether oxygens (including phenoxy) is 1. The van der Waals surface area contributed by atoms with E-state index in [1.165, 1.54) is 16.3 Å². The Labute approximate surface area is 165 Å². The van der Waals surface area contributed by atoms with E-state index in [0.717, 1.165) is 32.8 Å². The van der Waals surface area contributed by atoms with Gasteiger partial charge >= 0.3 is 0 Å². The summed E-state index contributed by atoms with van der Waals surface area (Å²) in [6, 6.07) is 18.7. The summed E-state index contributed by atoms with van der Waals surface area (Å²) in [4.78, 5) is 15.1. The summed E-state index contributed by atoms with van der Waals surface area (Å²) in [7, 11) is 0. The smallest absolute Gasteiger partial charge is 0.222 e. The van der Waals surface area contributed by atoms with Crippen molar-refractivity contribution < 1.29 is 9.53 Å². The number of carbonyl (C=O) groups is 1. The second kappa shape index (κ2) is 9.04. The van der Waals surface area contributed by atoms with E-state index in [1.54, 1.807) is 0 Å². The van der Waals surface area contributed by atoms with Gasteiger partial charge in [0.2, 0.25) is 5.91 Å². The minimum atomic E-state index is -0.0236. The Kier molecular flexibility index (Phi) is 6.04. The van der Waals surface area contributed by atoms with Crippen molar-refractivity contribution in [2.24, 2.45) is 0 Å². The molecule has 1 aliphatic rings. The van der Waals surface area contributed by atoms with Crippen LogP contribution in [0.1, 0.15) is 18.0 Å². The van der Waals surface area contributed by atoms with Crippen molar-refractivity contribution in [1.29, 1.82) is 0 Å². The average Bonchev–Trinajstić information content (AvgIpc) is 3.27. The highest BCUT2D eigenvalue weighted by Gasteiger charge is 2.19. The van der Waals surface area contributed by atoms with Crippen molar-refractivity contribution in [3.63, 3.8) is 0 Å². The molecule has 1 fully saturated rings. The molecule has 4 rings (SSSR count). The fourth-order valence-corrected chi connectivity index (χ4v) is 3.90. The zero-order valence-electron chi connectivity index (χ0n) is 16.1. The zero-order chi connectivity index (χ0) is 19.2. The maximum atomic E-state index is 12.7. The molecule has 2 heterocycles. The second-order valence-electron chi connectivity index (χ2n) is 7.22. The molecule has 1 atom stereocenters. The Balaban J connectivity index is 1.47. The van der Waals surface area contributed by atoms with Crippen molar-refractivity contribution in [2.75, 3.05) is 39.4 Å². The van der Waals surface area contributed by atoms with E-state index < -0.39 is 0 Å². The fraction of sp³-hybridized carbons (Fsp3) is 0.348. The third-order valence-electron chi connectivity index (χ3n) is 5.40. The number of hydrogen-bond acceptors (Lipinski definition) is 3. The monoisotopic (exact) mass is 377 g/mol. The zero-order valence-corrected chi connectivity index (χ0v) is 16.1. The molecule has 1 aromatic heterocycles. The number of nitrogens with one attached hydrogen (secondary N) is 1. The normalized spacial score (nSPS) is 16.1. The third-order valence-corrected chi connectivity index (χ3v) is 5.40. The van der Waals surface area contributed by atoms with E-state index in [0.29, 0.717) is 13.0 Å². The highest BCUT2D eigenvalue weighted by Crippen LogP contribution is 2.29. The number of carbonyl (C=O) groups excluding carboxylic acids is 1. The Hall–Kier alpha value is -2.63. The molecule has 1 N–H and O–H groups in total. The van der Waals surface area contributed by atoms with Crippen molar-refractivity contribution in [2.45, 2.75) is 12.5 Å². The van der Waals surface area contributed by atoms with Gasteiger partial charge in [-0.05, 0) is 28.5 Å². The van der Waals surface area contributed by atoms with Crippen molar-refractivity contribution in [3.05, 3.63) is 72.6 Å². The van der Waals surface area contributed by atoms with Crippen LogP contribution in [0.5, 0.6) is 0 Å². The molecule has 1 aliphatic heterocycles. The molecule has 0 saturated carbocycles. The molecule has 0 bridgehead atoms. The minimum absolute atomic E-state index is 0.0236. The molecule has 28 heavy (non-hydrogen) atoms. The predicted molar refractivity (Wildman–Crippen MR) is 111 cm³/mol. The Morgan fingerprint density at radius 3 is 2.57 bits per heavy atom. The number of morpholine rings is 1. The fourth-order valence-electron chi connectivity index (χ4n) is 3.90. The third kappa shape index (κ3) is 4.43. The first kappa shape index (κ1) is 18.7. The van der Waals surface area contributed by atoms with Gasteiger partial charge in [-0.2, -0.15) is 0 Å². The lowest BCUT2D eigenvalue weighted by Crippen LogP contribution is -2.41. The molecule has 0 unspecified atom stereocenters. The molecule has 0 spiro atoms. The minimum Gasteiger partial charge on any atom is -0.379 e. The molecule has 5 nitrogen and oxygen atoms in total. The lowest BCUT2D eigenvalue weighted by molar-refractivity contribution is -0.121. The quantitative estimate of drug-likeness (QED) is 0.688. The van der Waals surface area contributed by atoms with Crippen LogP contribution in [0.25, 0.3) is 10.8 Å². The van der Waals surface area contributed by atoms with Crippen LogP contribution in [0.2, 0.25) is 0 Å². The van der Waals surface area contributed by atoms with Crippen molar-refractivity contribution in [3.8, 4) is 0 Å². The van der Waals surface area contributed by atoms with Crippen LogP contribution in [0, 0.1) is 0 Å². The summed E-state index contributed by atoms with van der Waals surface area (Å²) in [5.74, 6) is 0.0832. The van der Waals surface area contributed by atoms with E-state index in [2.05, 4.69) is 57.2 Å². The topological polar surface area (TPSA) is 46.5 Å². The van der Waals surface area contributed by atoms with Gasteiger partial charge in [0.1, 0.15) is 0 Å². The van der Waals surface area contributed by atoms with Crippen LogP contribution >= 0.6 is 0 Å². The van der Waals surface area contributed by atoms with Crippen molar-refractivity contribution in [1.82, 2.24) is 14.8 Å². The Bertz CT molecular complexity index is 896. The second-order valence-corrected chi connectivity index (χ2v) is 7.22. The Morgan fingerprint density at radius 1 is 1.00 bits per heavy atom. The Morgan fingerprint density at radius 2 is 1.75 bits per heavy atom. The summed E-state index contributed by atoms with van der Waals surface area (Å²) in [5.41, 5.74) is 1.18. The maximum absolute atomic E-state index is 12.7. The molecular weight excluding hydrogens is 350 g/mol. The highest BCUT2D eigenvalue weighted by molar-refractivity contribution is 5.87. The summed E-state index contributed by atoms with van der Waals surface area (Å²) < 4.78 is 7.50. The van der Waals surface area contributed by atoms with E-state index in [9.17, 15) is 4.79 Å². The van der Waals surface area contributed by atoms with Crippen LogP contribution in [0.15, 0.2) is 67.0 Å². The van der Waals surface area contributed by atoms with Gasteiger partial charge in [0.15, 0.2) is 0 Å². The highest BCUT2D eigenvalue weighted by atomic mass is 16.5. The summed E-state index contributed by atoms with van der Waals surface area (Å²) in [6.45, 7) is 5.00. The lowest BCUT2D eigenvalue weighted by atomic mass is 9.96. The van der Waals surface area contributed by atoms with Gasteiger partial charge in [-0.15, -0.1) is 0 Å². The lowest BCUT2D eigenvalue weighted by Gasteiger charge is -2.26. The number of fused-ring (bicyclic) bond motifs is 1. The first-order chi connectivity index (χ1) is 13.8. The predicted octanol–water partition coefficient (Wildman–Crippen LogP) is 3.07. The molecule has 2 aromatic carbocycles.